The Bertz CT molecular complexity index is 973. The maximum Gasteiger partial charge on any atom is 0.253 e. The van der Waals surface area contributed by atoms with E-state index in [4.69, 9.17) is 0 Å². The first-order valence-electron chi connectivity index (χ1n) is 9.73. The molecule has 148 valence electrons. The number of nitrogens with zero attached hydrogens (tertiary/aromatic N) is 1. The summed E-state index contributed by atoms with van der Waals surface area (Å²) < 4.78 is 0. The standard InChI is InChI=1S/C23H23N3O3/c1-2-20(27)24-15-16-7-9-17(10-8-16)21(28)26-13-11-23(12-14-26)18-5-3-4-6-19(18)25-22(23)29/h2-10H,1,11-15H2,(H,24,27)(H,25,29). The number of hydrogen-bond donors (Lipinski definition) is 2. The highest BCUT2D eigenvalue weighted by Gasteiger charge is 2.48. The van der Waals surface area contributed by atoms with Crippen LogP contribution in [0.4, 0.5) is 5.69 Å². The van der Waals surface area contributed by atoms with E-state index in [0.29, 0.717) is 38.0 Å². The molecule has 1 spiro atoms. The number of carbonyl (C=O) groups excluding carboxylic acids is 3. The molecule has 0 bridgehead atoms. The Balaban J connectivity index is 1.41. The molecular formula is C23H23N3O3. The molecule has 6 heteroatoms. The number of rotatable bonds is 4. The second kappa shape index (κ2) is 7.54. The van der Waals surface area contributed by atoms with Gasteiger partial charge in [0, 0.05) is 30.9 Å². The number of amides is 3. The van der Waals surface area contributed by atoms with E-state index >= 15 is 0 Å². The molecule has 0 unspecified atom stereocenters. The molecule has 0 saturated carbocycles. The molecule has 1 fully saturated rings. The molecule has 2 aliphatic heterocycles. The molecule has 0 atom stereocenters. The van der Waals surface area contributed by atoms with Crippen molar-refractivity contribution in [2.75, 3.05) is 18.4 Å². The van der Waals surface area contributed by atoms with Crippen LogP contribution in [0.15, 0.2) is 61.2 Å². The number of nitrogens with one attached hydrogen (secondary N) is 2. The Hall–Kier alpha value is -3.41. The Kier molecular flexibility index (Phi) is 4.92. The lowest BCUT2D eigenvalue weighted by Gasteiger charge is -2.38. The third-order valence-electron chi connectivity index (χ3n) is 5.88. The topological polar surface area (TPSA) is 78.5 Å². The fourth-order valence-electron chi connectivity index (χ4n) is 4.17. The van der Waals surface area contributed by atoms with Crippen LogP contribution in [0.25, 0.3) is 0 Å². The zero-order chi connectivity index (χ0) is 20.4. The first-order chi connectivity index (χ1) is 14.0. The van der Waals surface area contributed by atoms with Crippen molar-refractivity contribution in [3.05, 3.63) is 77.9 Å². The predicted molar refractivity (Wildman–Crippen MR) is 110 cm³/mol. The molecule has 0 aliphatic carbocycles. The lowest BCUT2D eigenvalue weighted by atomic mass is 9.73. The number of benzene rings is 2. The van der Waals surface area contributed by atoms with Crippen LogP contribution in [-0.2, 0) is 21.5 Å². The lowest BCUT2D eigenvalue weighted by Crippen LogP contribution is -2.48. The summed E-state index contributed by atoms with van der Waals surface area (Å²) in [5.41, 5.74) is 2.92. The summed E-state index contributed by atoms with van der Waals surface area (Å²) in [5, 5.41) is 5.70. The molecular weight excluding hydrogens is 366 g/mol. The number of likely N-dealkylation sites (tertiary alicyclic amines) is 1. The van der Waals surface area contributed by atoms with Crippen molar-refractivity contribution in [2.45, 2.75) is 24.8 Å². The third kappa shape index (κ3) is 3.42. The first kappa shape index (κ1) is 18.9. The molecule has 3 amide bonds. The maximum atomic E-state index is 12.9. The number of carbonyl (C=O) groups is 3. The van der Waals surface area contributed by atoms with E-state index in [0.717, 1.165) is 16.8 Å². The number of para-hydroxylation sites is 1. The minimum absolute atomic E-state index is 0.0341. The quantitative estimate of drug-likeness (QED) is 0.789. The van der Waals surface area contributed by atoms with E-state index in [1.54, 1.807) is 12.1 Å². The molecule has 2 aromatic carbocycles. The number of piperidine rings is 1. The van der Waals surface area contributed by atoms with Crippen LogP contribution in [-0.4, -0.2) is 35.7 Å². The van der Waals surface area contributed by atoms with E-state index in [1.807, 2.05) is 41.3 Å². The Morgan fingerprint density at radius 1 is 1.10 bits per heavy atom. The number of anilines is 1. The molecule has 6 nitrogen and oxygen atoms in total. The summed E-state index contributed by atoms with van der Waals surface area (Å²) in [4.78, 5) is 38.6. The highest BCUT2D eigenvalue weighted by Crippen LogP contribution is 2.44. The van der Waals surface area contributed by atoms with Crippen LogP contribution in [0, 0.1) is 0 Å². The van der Waals surface area contributed by atoms with Crippen LogP contribution in [0.3, 0.4) is 0 Å². The van der Waals surface area contributed by atoms with Crippen molar-refractivity contribution in [1.29, 1.82) is 0 Å². The van der Waals surface area contributed by atoms with Gasteiger partial charge in [0.15, 0.2) is 0 Å². The summed E-state index contributed by atoms with van der Waals surface area (Å²) in [6, 6.07) is 15.0. The van der Waals surface area contributed by atoms with E-state index in [1.165, 1.54) is 6.08 Å². The van der Waals surface area contributed by atoms with Gasteiger partial charge in [-0.25, -0.2) is 0 Å². The summed E-state index contributed by atoms with van der Waals surface area (Å²) in [5.74, 6) is -0.227. The molecule has 4 rings (SSSR count). The van der Waals surface area contributed by atoms with Gasteiger partial charge in [0.1, 0.15) is 0 Å². The normalized spacial score (nSPS) is 16.8. The van der Waals surface area contributed by atoms with Crippen LogP contribution in [0.2, 0.25) is 0 Å². The average Bonchev–Trinajstić information content (AvgIpc) is 3.03. The fourth-order valence-corrected chi connectivity index (χ4v) is 4.17. The molecule has 1 saturated heterocycles. The Morgan fingerprint density at radius 2 is 1.79 bits per heavy atom. The van der Waals surface area contributed by atoms with Gasteiger partial charge in [-0.1, -0.05) is 36.9 Å². The molecule has 2 aromatic rings. The van der Waals surface area contributed by atoms with E-state index < -0.39 is 5.41 Å². The second-order valence-electron chi connectivity index (χ2n) is 7.49. The summed E-state index contributed by atoms with van der Waals surface area (Å²) >= 11 is 0. The molecule has 0 radical (unpaired) electrons. The molecule has 0 aromatic heterocycles. The second-order valence-corrected chi connectivity index (χ2v) is 7.49. The van der Waals surface area contributed by atoms with E-state index in [-0.39, 0.29) is 17.7 Å². The van der Waals surface area contributed by atoms with Crippen LogP contribution >= 0.6 is 0 Å². The SMILES string of the molecule is C=CC(=O)NCc1ccc(C(=O)N2CCC3(CC2)C(=O)Nc2ccccc23)cc1. The molecule has 29 heavy (non-hydrogen) atoms. The van der Waals surface area contributed by atoms with Gasteiger partial charge in [-0.15, -0.1) is 0 Å². The summed E-state index contributed by atoms with van der Waals surface area (Å²) in [7, 11) is 0. The maximum absolute atomic E-state index is 12.9. The predicted octanol–water partition coefficient (Wildman–Crippen LogP) is 2.61. The van der Waals surface area contributed by atoms with Gasteiger partial charge in [-0.3, -0.25) is 14.4 Å². The van der Waals surface area contributed by atoms with Gasteiger partial charge in [0.2, 0.25) is 11.8 Å². The minimum Gasteiger partial charge on any atom is -0.348 e. The van der Waals surface area contributed by atoms with Crippen LogP contribution < -0.4 is 10.6 Å². The zero-order valence-electron chi connectivity index (χ0n) is 16.1. The van der Waals surface area contributed by atoms with Gasteiger partial charge in [0.25, 0.3) is 5.91 Å². The summed E-state index contributed by atoms with van der Waals surface area (Å²) in [6.45, 7) is 4.89. The van der Waals surface area contributed by atoms with Crippen molar-refractivity contribution in [3.8, 4) is 0 Å². The first-order valence-corrected chi connectivity index (χ1v) is 9.73. The Labute approximate surface area is 169 Å². The van der Waals surface area contributed by atoms with Gasteiger partial charge in [-0.2, -0.15) is 0 Å². The van der Waals surface area contributed by atoms with Crippen LogP contribution in [0.5, 0.6) is 0 Å². The fraction of sp³-hybridized carbons (Fsp3) is 0.261. The third-order valence-corrected chi connectivity index (χ3v) is 5.88. The number of fused-ring (bicyclic) bond motifs is 2. The van der Waals surface area contributed by atoms with Gasteiger partial charge >= 0.3 is 0 Å². The van der Waals surface area contributed by atoms with Gasteiger partial charge in [0.05, 0.1) is 5.41 Å². The monoisotopic (exact) mass is 389 g/mol. The number of hydrogen-bond acceptors (Lipinski definition) is 3. The largest absolute Gasteiger partial charge is 0.348 e. The highest BCUT2D eigenvalue weighted by molar-refractivity contribution is 6.06. The van der Waals surface area contributed by atoms with Crippen molar-refractivity contribution in [3.63, 3.8) is 0 Å². The van der Waals surface area contributed by atoms with Crippen molar-refractivity contribution in [1.82, 2.24) is 10.2 Å². The van der Waals surface area contributed by atoms with Crippen molar-refractivity contribution >= 4 is 23.4 Å². The van der Waals surface area contributed by atoms with Crippen molar-refractivity contribution in [2.24, 2.45) is 0 Å². The Morgan fingerprint density at radius 3 is 2.48 bits per heavy atom. The summed E-state index contributed by atoms with van der Waals surface area (Å²) in [6.07, 6.45) is 2.46. The van der Waals surface area contributed by atoms with Gasteiger partial charge < -0.3 is 15.5 Å². The smallest absolute Gasteiger partial charge is 0.253 e. The molecule has 2 N–H and O–H groups in total. The average molecular weight is 389 g/mol. The van der Waals surface area contributed by atoms with E-state index in [9.17, 15) is 14.4 Å². The minimum atomic E-state index is -0.527. The molecule has 2 heterocycles. The highest BCUT2D eigenvalue weighted by atomic mass is 16.2. The molecule has 2 aliphatic rings. The lowest BCUT2D eigenvalue weighted by molar-refractivity contribution is -0.122. The van der Waals surface area contributed by atoms with Crippen molar-refractivity contribution < 1.29 is 14.4 Å². The zero-order valence-corrected chi connectivity index (χ0v) is 16.1. The van der Waals surface area contributed by atoms with E-state index in [2.05, 4.69) is 17.2 Å². The van der Waals surface area contributed by atoms with Crippen LogP contribution in [0.1, 0.15) is 34.3 Å². The van der Waals surface area contributed by atoms with Gasteiger partial charge in [-0.05, 0) is 48.2 Å².